The molecular weight excluding hydrogens is 182 g/mol. The Balaban J connectivity index is 1.79. The van der Waals surface area contributed by atoms with E-state index in [4.69, 9.17) is 9.47 Å². The van der Waals surface area contributed by atoms with Crippen LogP contribution in [0.15, 0.2) is 12.4 Å². The highest BCUT2D eigenvalue weighted by Gasteiger charge is 2.14. The van der Waals surface area contributed by atoms with Gasteiger partial charge < -0.3 is 19.4 Å². The maximum atomic E-state index is 5.50. The van der Waals surface area contributed by atoms with Gasteiger partial charge in [0.15, 0.2) is 0 Å². The van der Waals surface area contributed by atoms with Gasteiger partial charge >= 0.3 is 0 Å². The quantitative estimate of drug-likeness (QED) is 0.728. The molecule has 0 spiro atoms. The standard InChI is InChI=1S/C9H15N3O2/c1-12-4-2-11-9(12)14-7-8-6-10-3-5-13-8/h2,4,8,10H,3,5-7H2,1H3. The number of morpholine rings is 1. The third-order valence-electron chi connectivity index (χ3n) is 2.18. The lowest BCUT2D eigenvalue weighted by molar-refractivity contribution is -0.00234. The number of aromatic nitrogens is 2. The third-order valence-corrected chi connectivity index (χ3v) is 2.18. The van der Waals surface area contributed by atoms with E-state index in [1.165, 1.54) is 0 Å². The molecule has 1 aliphatic rings. The molecule has 2 rings (SSSR count). The molecule has 0 bridgehead atoms. The van der Waals surface area contributed by atoms with Crippen LogP contribution in [0.1, 0.15) is 0 Å². The average molecular weight is 197 g/mol. The summed E-state index contributed by atoms with van der Waals surface area (Å²) in [7, 11) is 1.91. The summed E-state index contributed by atoms with van der Waals surface area (Å²) >= 11 is 0. The molecule has 0 saturated carbocycles. The van der Waals surface area contributed by atoms with Gasteiger partial charge in [-0.2, -0.15) is 0 Å². The molecule has 0 aromatic carbocycles. The number of ether oxygens (including phenoxy) is 2. The normalized spacial score (nSPS) is 22.2. The van der Waals surface area contributed by atoms with Crippen molar-refractivity contribution in [2.75, 3.05) is 26.3 Å². The topological polar surface area (TPSA) is 48.3 Å². The van der Waals surface area contributed by atoms with Crippen LogP contribution in [0.2, 0.25) is 0 Å². The Labute approximate surface area is 83.0 Å². The van der Waals surface area contributed by atoms with E-state index in [1.807, 2.05) is 17.8 Å². The third kappa shape index (κ3) is 2.24. The van der Waals surface area contributed by atoms with Crippen molar-refractivity contribution in [3.05, 3.63) is 12.4 Å². The van der Waals surface area contributed by atoms with Crippen molar-refractivity contribution in [3.8, 4) is 6.01 Å². The fraction of sp³-hybridized carbons (Fsp3) is 0.667. The zero-order valence-corrected chi connectivity index (χ0v) is 8.27. The zero-order chi connectivity index (χ0) is 9.80. The molecule has 2 heterocycles. The molecule has 5 heteroatoms. The Hall–Kier alpha value is -1.07. The van der Waals surface area contributed by atoms with Crippen molar-refractivity contribution < 1.29 is 9.47 Å². The Morgan fingerprint density at radius 1 is 1.79 bits per heavy atom. The Bertz CT molecular complexity index is 281. The number of hydrogen-bond donors (Lipinski definition) is 1. The minimum Gasteiger partial charge on any atom is -0.462 e. The van der Waals surface area contributed by atoms with Crippen LogP contribution in [-0.2, 0) is 11.8 Å². The average Bonchev–Trinajstić information content (AvgIpc) is 2.63. The van der Waals surface area contributed by atoms with Crippen LogP contribution in [0.4, 0.5) is 0 Å². The van der Waals surface area contributed by atoms with Gasteiger partial charge in [-0.1, -0.05) is 0 Å². The van der Waals surface area contributed by atoms with Gasteiger partial charge in [-0.25, -0.2) is 4.98 Å². The maximum absolute atomic E-state index is 5.50. The molecule has 78 valence electrons. The van der Waals surface area contributed by atoms with Crippen molar-refractivity contribution in [2.45, 2.75) is 6.10 Å². The van der Waals surface area contributed by atoms with Gasteiger partial charge in [-0.3, -0.25) is 0 Å². The first-order valence-electron chi connectivity index (χ1n) is 4.78. The molecule has 1 fully saturated rings. The Kier molecular flexibility index (Phi) is 3.00. The Morgan fingerprint density at radius 3 is 3.36 bits per heavy atom. The highest BCUT2D eigenvalue weighted by Crippen LogP contribution is 2.06. The molecule has 5 nitrogen and oxygen atoms in total. The minimum absolute atomic E-state index is 0.139. The summed E-state index contributed by atoms with van der Waals surface area (Å²) in [5.74, 6) is 0. The van der Waals surface area contributed by atoms with Crippen molar-refractivity contribution in [2.24, 2.45) is 7.05 Å². The summed E-state index contributed by atoms with van der Waals surface area (Å²) in [4.78, 5) is 4.06. The van der Waals surface area contributed by atoms with Gasteiger partial charge in [0.1, 0.15) is 12.7 Å². The number of rotatable bonds is 3. The first kappa shape index (κ1) is 9.48. The van der Waals surface area contributed by atoms with Crippen LogP contribution in [0, 0.1) is 0 Å². The second-order valence-electron chi connectivity index (χ2n) is 3.33. The molecule has 1 aromatic heterocycles. The van der Waals surface area contributed by atoms with Crippen LogP contribution in [0.3, 0.4) is 0 Å². The summed E-state index contributed by atoms with van der Waals surface area (Å²) in [5, 5.41) is 3.25. The van der Waals surface area contributed by atoms with Crippen LogP contribution in [-0.4, -0.2) is 42.0 Å². The van der Waals surface area contributed by atoms with E-state index < -0.39 is 0 Å². The number of nitrogens with zero attached hydrogens (tertiary/aromatic N) is 2. The van der Waals surface area contributed by atoms with E-state index >= 15 is 0 Å². The SMILES string of the molecule is Cn1ccnc1OCC1CNCCO1. The summed E-state index contributed by atoms with van der Waals surface area (Å²) < 4.78 is 12.8. The van der Waals surface area contributed by atoms with Gasteiger partial charge in [-0.15, -0.1) is 0 Å². The van der Waals surface area contributed by atoms with Gasteiger partial charge in [0.25, 0.3) is 6.01 Å². The van der Waals surface area contributed by atoms with E-state index in [0.717, 1.165) is 19.7 Å². The van der Waals surface area contributed by atoms with Crippen LogP contribution < -0.4 is 10.1 Å². The second kappa shape index (κ2) is 4.43. The number of aryl methyl sites for hydroxylation is 1. The molecular formula is C9H15N3O2. The van der Waals surface area contributed by atoms with Gasteiger partial charge in [0.2, 0.25) is 0 Å². The molecule has 1 aliphatic heterocycles. The number of hydrogen-bond acceptors (Lipinski definition) is 4. The molecule has 0 amide bonds. The predicted molar refractivity (Wildman–Crippen MR) is 51.3 cm³/mol. The van der Waals surface area contributed by atoms with Gasteiger partial charge in [0, 0.05) is 32.5 Å². The lowest BCUT2D eigenvalue weighted by Crippen LogP contribution is -2.41. The van der Waals surface area contributed by atoms with E-state index in [-0.39, 0.29) is 6.10 Å². The monoisotopic (exact) mass is 197 g/mol. The molecule has 1 aromatic rings. The van der Waals surface area contributed by atoms with Crippen molar-refractivity contribution in [1.82, 2.24) is 14.9 Å². The Morgan fingerprint density at radius 2 is 2.71 bits per heavy atom. The maximum Gasteiger partial charge on any atom is 0.296 e. The van der Waals surface area contributed by atoms with Crippen molar-refractivity contribution in [1.29, 1.82) is 0 Å². The smallest absolute Gasteiger partial charge is 0.296 e. The van der Waals surface area contributed by atoms with Crippen molar-refractivity contribution >= 4 is 0 Å². The largest absolute Gasteiger partial charge is 0.462 e. The number of nitrogens with one attached hydrogen (secondary N) is 1. The molecule has 1 N–H and O–H groups in total. The zero-order valence-electron chi connectivity index (χ0n) is 8.27. The highest BCUT2D eigenvalue weighted by atomic mass is 16.5. The summed E-state index contributed by atoms with van der Waals surface area (Å²) in [6.45, 7) is 3.09. The molecule has 1 unspecified atom stereocenters. The van der Waals surface area contributed by atoms with Crippen LogP contribution >= 0.6 is 0 Å². The molecule has 0 radical (unpaired) electrons. The van der Waals surface area contributed by atoms with Gasteiger partial charge in [-0.05, 0) is 0 Å². The van der Waals surface area contributed by atoms with Crippen LogP contribution in [0.25, 0.3) is 0 Å². The lowest BCUT2D eigenvalue weighted by atomic mass is 10.3. The van der Waals surface area contributed by atoms with E-state index in [2.05, 4.69) is 10.3 Å². The van der Waals surface area contributed by atoms with Gasteiger partial charge in [0.05, 0.1) is 6.61 Å². The first-order valence-corrected chi connectivity index (χ1v) is 4.78. The van der Waals surface area contributed by atoms with E-state index in [1.54, 1.807) is 6.20 Å². The predicted octanol–water partition coefficient (Wildman–Crippen LogP) is -0.213. The lowest BCUT2D eigenvalue weighted by Gasteiger charge is -2.23. The molecule has 0 aliphatic carbocycles. The fourth-order valence-corrected chi connectivity index (χ4v) is 1.39. The highest BCUT2D eigenvalue weighted by molar-refractivity contribution is 4.96. The first-order chi connectivity index (χ1) is 6.86. The van der Waals surface area contributed by atoms with E-state index in [9.17, 15) is 0 Å². The molecule has 1 atom stereocenters. The van der Waals surface area contributed by atoms with Crippen LogP contribution in [0.5, 0.6) is 6.01 Å². The fourth-order valence-electron chi connectivity index (χ4n) is 1.39. The summed E-state index contributed by atoms with van der Waals surface area (Å²) in [5.41, 5.74) is 0. The van der Waals surface area contributed by atoms with E-state index in [0.29, 0.717) is 12.6 Å². The second-order valence-corrected chi connectivity index (χ2v) is 3.33. The minimum atomic E-state index is 0.139. The summed E-state index contributed by atoms with van der Waals surface area (Å²) in [6, 6.07) is 0.638. The molecule has 14 heavy (non-hydrogen) atoms. The summed E-state index contributed by atoms with van der Waals surface area (Å²) in [6.07, 6.45) is 3.71. The van der Waals surface area contributed by atoms with Crippen molar-refractivity contribution in [3.63, 3.8) is 0 Å². The number of imidazole rings is 1. The molecule has 1 saturated heterocycles.